The Morgan fingerprint density at radius 2 is 2.10 bits per heavy atom. The van der Waals surface area contributed by atoms with Crippen molar-refractivity contribution in [3.63, 3.8) is 0 Å². The van der Waals surface area contributed by atoms with Crippen LogP contribution in [0.25, 0.3) is 6.08 Å². The predicted octanol–water partition coefficient (Wildman–Crippen LogP) is 3.44. The molecule has 0 unspecified atom stereocenters. The number of hydrogen-bond acceptors (Lipinski definition) is 3. The van der Waals surface area contributed by atoms with E-state index in [1.165, 1.54) is 0 Å². The second kappa shape index (κ2) is 8.35. The number of aliphatic carboxylic acids is 1. The van der Waals surface area contributed by atoms with Crippen LogP contribution in [0.4, 0.5) is 5.82 Å². The van der Waals surface area contributed by atoms with E-state index < -0.39 is 5.97 Å². The molecule has 0 aromatic carbocycles. The Labute approximate surface area is 121 Å². The van der Waals surface area contributed by atoms with Crippen LogP contribution in [0.5, 0.6) is 0 Å². The van der Waals surface area contributed by atoms with Crippen molar-refractivity contribution in [1.82, 2.24) is 4.98 Å². The fourth-order valence-electron chi connectivity index (χ4n) is 2.19. The first kappa shape index (κ1) is 16.2. The van der Waals surface area contributed by atoms with Crippen molar-refractivity contribution in [1.29, 1.82) is 0 Å². The molecule has 0 aliphatic rings. The summed E-state index contributed by atoms with van der Waals surface area (Å²) in [6.45, 7) is 8.31. The van der Waals surface area contributed by atoms with Gasteiger partial charge in [-0.15, -0.1) is 0 Å². The fourth-order valence-corrected chi connectivity index (χ4v) is 2.19. The smallest absolute Gasteiger partial charge is 0.328 e. The van der Waals surface area contributed by atoms with Gasteiger partial charge in [0.25, 0.3) is 0 Å². The molecule has 4 heteroatoms. The van der Waals surface area contributed by atoms with Crippen molar-refractivity contribution in [3.8, 4) is 0 Å². The lowest BCUT2D eigenvalue weighted by atomic mass is 10.0. The van der Waals surface area contributed by atoms with Crippen molar-refractivity contribution in [2.45, 2.75) is 33.6 Å². The van der Waals surface area contributed by atoms with Gasteiger partial charge in [-0.25, -0.2) is 9.78 Å². The molecule has 0 aliphatic carbocycles. The second-order valence-corrected chi connectivity index (χ2v) is 4.81. The summed E-state index contributed by atoms with van der Waals surface area (Å²) in [7, 11) is 0. The van der Waals surface area contributed by atoms with Crippen LogP contribution in [0.2, 0.25) is 0 Å². The van der Waals surface area contributed by atoms with Crippen LogP contribution in [0.3, 0.4) is 0 Å². The lowest BCUT2D eigenvalue weighted by Crippen LogP contribution is -2.30. The number of rotatable bonds is 8. The number of hydrogen-bond donors (Lipinski definition) is 1. The van der Waals surface area contributed by atoms with Gasteiger partial charge < -0.3 is 10.0 Å². The number of aromatic nitrogens is 1. The van der Waals surface area contributed by atoms with E-state index in [-0.39, 0.29) is 0 Å². The van der Waals surface area contributed by atoms with Gasteiger partial charge in [-0.2, -0.15) is 0 Å². The van der Waals surface area contributed by atoms with Crippen molar-refractivity contribution in [2.24, 2.45) is 5.92 Å². The Hall–Kier alpha value is -1.84. The van der Waals surface area contributed by atoms with Crippen LogP contribution in [-0.2, 0) is 4.79 Å². The third-order valence-corrected chi connectivity index (χ3v) is 3.54. The average Bonchev–Trinajstić information content (AvgIpc) is 2.47. The van der Waals surface area contributed by atoms with Crippen LogP contribution in [-0.4, -0.2) is 29.1 Å². The number of carboxylic acid groups (broad SMARTS) is 1. The maximum Gasteiger partial charge on any atom is 0.328 e. The molecule has 0 spiro atoms. The van der Waals surface area contributed by atoms with Crippen molar-refractivity contribution in [2.75, 3.05) is 18.0 Å². The largest absolute Gasteiger partial charge is 0.478 e. The van der Waals surface area contributed by atoms with Gasteiger partial charge in [-0.3, -0.25) is 0 Å². The van der Waals surface area contributed by atoms with Gasteiger partial charge in [0.2, 0.25) is 0 Å². The first-order valence-corrected chi connectivity index (χ1v) is 7.23. The molecule has 1 heterocycles. The van der Waals surface area contributed by atoms with E-state index in [0.717, 1.165) is 43.4 Å². The fraction of sp³-hybridized carbons (Fsp3) is 0.500. The molecular formula is C16H24N2O2. The zero-order chi connectivity index (χ0) is 15.0. The summed E-state index contributed by atoms with van der Waals surface area (Å²) in [6.07, 6.45) is 6.80. The number of carbonyl (C=O) groups is 1. The topological polar surface area (TPSA) is 53.4 Å². The van der Waals surface area contributed by atoms with Gasteiger partial charge in [0.05, 0.1) is 0 Å². The van der Waals surface area contributed by atoms with E-state index in [1.807, 2.05) is 12.1 Å². The summed E-state index contributed by atoms with van der Waals surface area (Å²) in [5.41, 5.74) is 0.850. The number of pyridine rings is 1. The van der Waals surface area contributed by atoms with E-state index in [0.29, 0.717) is 5.92 Å². The van der Waals surface area contributed by atoms with Crippen LogP contribution >= 0.6 is 0 Å². The van der Waals surface area contributed by atoms with Crippen LogP contribution in [0.1, 0.15) is 39.2 Å². The molecule has 1 rings (SSSR count). The summed E-state index contributed by atoms with van der Waals surface area (Å²) < 4.78 is 0. The maximum atomic E-state index is 10.7. The summed E-state index contributed by atoms with van der Waals surface area (Å²) in [6, 6.07) is 3.73. The molecule has 1 aromatic heterocycles. The van der Waals surface area contributed by atoms with E-state index in [4.69, 9.17) is 5.11 Å². The highest BCUT2D eigenvalue weighted by Crippen LogP contribution is 2.21. The van der Waals surface area contributed by atoms with E-state index >= 15 is 0 Å². The lowest BCUT2D eigenvalue weighted by molar-refractivity contribution is -0.131. The number of nitrogens with zero attached hydrogens (tertiary/aromatic N) is 2. The molecule has 0 atom stereocenters. The molecule has 0 amide bonds. The quantitative estimate of drug-likeness (QED) is 0.739. The Bertz CT molecular complexity index is 454. The second-order valence-electron chi connectivity index (χ2n) is 4.81. The minimum Gasteiger partial charge on any atom is -0.478 e. The third-order valence-electron chi connectivity index (χ3n) is 3.54. The van der Waals surface area contributed by atoms with E-state index in [2.05, 4.69) is 30.7 Å². The predicted molar refractivity (Wildman–Crippen MR) is 82.9 cm³/mol. The molecule has 4 nitrogen and oxygen atoms in total. The minimum atomic E-state index is -0.942. The van der Waals surface area contributed by atoms with Gasteiger partial charge in [0.1, 0.15) is 5.82 Å². The van der Waals surface area contributed by atoms with Gasteiger partial charge in [-0.05, 0) is 31.1 Å². The highest BCUT2D eigenvalue weighted by atomic mass is 16.4. The zero-order valence-corrected chi connectivity index (χ0v) is 12.5. The molecular weight excluding hydrogens is 252 g/mol. The molecule has 0 radical (unpaired) electrons. The zero-order valence-electron chi connectivity index (χ0n) is 12.5. The van der Waals surface area contributed by atoms with E-state index in [9.17, 15) is 4.79 Å². The molecule has 0 saturated heterocycles. The molecule has 0 saturated carbocycles. The Balaban J connectivity index is 2.99. The number of carboxylic acids is 1. The molecule has 0 bridgehead atoms. The highest BCUT2D eigenvalue weighted by Gasteiger charge is 2.14. The molecule has 0 aliphatic heterocycles. The molecule has 110 valence electrons. The summed E-state index contributed by atoms with van der Waals surface area (Å²) >= 11 is 0. The number of anilines is 1. The summed E-state index contributed by atoms with van der Waals surface area (Å²) in [5, 5.41) is 8.76. The van der Waals surface area contributed by atoms with Crippen LogP contribution in [0, 0.1) is 5.92 Å². The third kappa shape index (κ3) is 4.68. The summed E-state index contributed by atoms with van der Waals surface area (Å²) in [4.78, 5) is 17.3. The Morgan fingerprint density at radius 3 is 2.65 bits per heavy atom. The first-order valence-electron chi connectivity index (χ1n) is 7.23. The SMILES string of the molecule is CCC(CC)CN(CC)c1ncccc1/C=C/C(=O)O. The van der Waals surface area contributed by atoms with Gasteiger partial charge in [0, 0.05) is 30.9 Å². The van der Waals surface area contributed by atoms with Crippen LogP contribution in [0.15, 0.2) is 24.4 Å². The standard InChI is InChI=1S/C16H24N2O2/c1-4-13(5-2)12-18(6-3)16-14(8-7-11-17-16)9-10-15(19)20/h7-11,13H,4-6,12H2,1-3H3,(H,19,20)/b10-9+. The molecule has 1 aromatic rings. The van der Waals surface area contributed by atoms with Crippen molar-refractivity contribution < 1.29 is 9.90 Å². The Kier molecular flexibility index (Phi) is 6.77. The van der Waals surface area contributed by atoms with Crippen LogP contribution < -0.4 is 4.90 Å². The van der Waals surface area contributed by atoms with Crippen molar-refractivity contribution >= 4 is 17.9 Å². The maximum absolute atomic E-state index is 10.7. The molecule has 20 heavy (non-hydrogen) atoms. The first-order chi connectivity index (χ1) is 9.62. The lowest BCUT2D eigenvalue weighted by Gasteiger charge is -2.27. The van der Waals surface area contributed by atoms with E-state index in [1.54, 1.807) is 12.3 Å². The minimum absolute atomic E-state index is 0.633. The highest BCUT2D eigenvalue weighted by molar-refractivity contribution is 5.86. The van der Waals surface area contributed by atoms with Gasteiger partial charge >= 0.3 is 5.97 Å². The average molecular weight is 276 g/mol. The summed E-state index contributed by atoms with van der Waals surface area (Å²) in [5.74, 6) is 0.551. The Morgan fingerprint density at radius 1 is 1.40 bits per heavy atom. The monoisotopic (exact) mass is 276 g/mol. The molecule has 1 N–H and O–H groups in total. The van der Waals surface area contributed by atoms with Gasteiger partial charge in [0.15, 0.2) is 0 Å². The molecule has 0 fully saturated rings. The van der Waals surface area contributed by atoms with Gasteiger partial charge in [-0.1, -0.05) is 26.7 Å². The normalized spacial score (nSPS) is 11.2. The van der Waals surface area contributed by atoms with Crippen molar-refractivity contribution in [3.05, 3.63) is 30.0 Å².